The molecule has 2 aromatic rings. The van der Waals surface area contributed by atoms with E-state index in [4.69, 9.17) is 5.11 Å². The molecule has 0 radical (unpaired) electrons. The van der Waals surface area contributed by atoms with Crippen LogP contribution in [0.4, 0.5) is 10.5 Å². The van der Waals surface area contributed by atoms with Crippen LogP contribution < -0.4 is 16.2 Å². The van der Waals surface area contributed by atoms with E-state index in [1.54, 1.807) is 29.0 Å². The summed E-state index contributed by atoms with van der Waals surface area (Å²) >= 11 is 0. The van der Waals surface area contributed by atoms with Gasteiger partial charge in [0.15, 0.2) is 0 Å². The summed E-state index contributed by atoms with van der Waals surface area (Å²) in [7, 11) is 0. The Hall–Kier alpha value is -2.60. The fourth-order valence-electron chi connectivity index (χ4n) is 2.21. The average molecular weight is 329 g/mol. The molecule has 1 heterocycles. The number of aliphatic hydroxyl groups excluding tert-OH is 1. The minimum atomic E-state index is -0.322. The number of carbonyl (C=O) groups is 1. The molecule has 3 N–H and O–H groups in total. The van der Waals surface area contributed by atoms with Gasteiger partial charge in [-0.1, -0.05) is 25.1 Å². The summed E-state index contributed by atoms with van der Waals surface area (Å²) in [5.74, 6) is -0.0213. The van der Waals surface area contributed by atoms with E-state index in [1.165, 1.54) is 6.07 Å². The molecule has 0 aliphatic carbocycles. The molecule has 1 aromatic heterocycles. The number of nitrogens with zero attached hydrogens (tertiary/aromatic N) is 1. The summed E-state index contributed by atoms with van der Waals surface area (Å²) in [5.41, 5.74) is 1.50. The number of nitrogens with one attached hydrogen (secondary N) is 2. The van der Waals surface area contributed by atoms with Gasteiger partial charge in [0, 0.05) is 30.6 Å². The van der Waals surface area contributed by atoms with Crippen LogP contribution in [-0.4, -0.2) is 28.4 Å². The molecular formula is C18H23N3O3. The van der Waals surface area contributed by atoms with E-state index in [0.717, 1.165) is 5.56 Å². The quantitative estimate of drug-likeness (QED) is 0.758. The van der Waals surface area contributed by atoms with Crippen molar-refractivity contribution >= 4 is 11.7 Å². The molecule has 0 unspecified atom stereocenters. The number of hydrogen-bond donors (Lipinski definition) is 3. The standard InChI is InChI=1S/C18H23N3O3/c1-13(12-22)14(2)19-18(24)20-16-7-5-6-15(10-16)11-21-9-4-3-8-17(21)23/h3-10,13-14,22H,11-12H2,1-2H3,(H2,19,20,24)/t13-,14+/m1/s1. The van der Waals surface area contributed by atoms with E-state index in [-0.39, 0.29) is 30.2 Å². The maximum absolute atomic E-state index is 12.0. The van der Waals surface area contributed by atoms with Crippen LogP contribution >= 0.6 is 0 Å². The zero-order chi connectivity index (χ0) is 17.5. The van der Waals surface area contributed by atoms with Gasteiger partial charge in [-0.25, -0.2) is 4.79 Å². The monoisotopic (exact) mass is 329 g/mol. The number of aliphatic hydroxyl groups is 1. The highest BCUT2D eigenvalue weighted by Gasteiger charge is 2.13. The van der Waals surface area contributed by atoms with Crippen LogP contribution in [0.5, 0.6) is 0 Å². The molecule has 0 spiro atoms. The molecule has 2 amide bonds. The van der Waals surface area contributed by atoms with Crippen LogP contribution in [0, 0.1) is 5.92 Å². The molecule has 2 rings (SSSR count). The Morgan fingerprint density at radius 2 is 2.00 bits per heavy atom. The topological polar surface area (TPSA) is 83.4 Å². The second-order valence-electron chi connectivity index (χ2n) is 5.91. The number of aromatic nitrogens is 1. The number of benzene rings is 1. The first-order valence-corrected chi connectivity index (χ1v) is 7.92. The van der Waals surface area contributed by atoms with Crippen molar-refractivity contribution in [1.29, 1.82) is 0 Å². The Morgan fingerprint density at radius 3 is 2.71 bits per heavy atom. The molecule has 24 heavy (non-hydrogen) atoms. The third-order valence-corrected chi connectivity index (χ3v) is 3.94. The van der Waals surface area contributed by atoms with Crippen molar-refractivity contribution in [2.45, 2.75) is 26.4 Å². The van der Waals surface area contributed by atoms with Gasteiger partial charge in [-0.05, 0) is 36.6 Å². The second kappa shape index (κ2) is 8.31. The zero-order valence-electron chi connectivity index (χ0n) is 13.9. The molecule has 1 aromatic carbocycles. The van der Waals surface area contributed by atoms with Crippen molar-refractivity contribution in [2.24, 2.45) is 5.92 Å². The number of hydrogen-bond acceptors (Lipinski definition) is 3. The van der Waals surface area contributed by atoms with Gasteiger partial charge in [-0.3, -0.25) is 4.79 Å². The SMILES string of the molecule is C[C@H](CO)[C@H](C)NC(=O)Nc1cccc(Cn2ccccc2=O)c1. The van der Waals surface area contributed by atoms with Crippen LogP contribution in [0.2, 0.25) is 0 Å². The Balaban J connectivity index is 2.01. The molecule has 6 nitrogen and oxygen atoms in total. The predicted molar refractivity (Wildman–Crippen MR) is 94.1 cm³/mol. The smallest absolute Gasteiger partial charge is 0.319 e. The maximum atomic E-state index is 12.0. The molecule has 128 valence electrons. The maximum Gasteiger partial charge on any atom is 0.319 e. The fraction of sp³-hybridized carbons (Fsp3) is 0.333. The van der Waals surface area contributed by atoms with Crippen molar-refractivity contribution in [1.82, 2.24) is 9.88 Å². The number of urea groups is 1. The van der Waals surface area contributed by atoms with Gasteiger partial charge < -0.3 is 20.3 Å². The molecule has 0 fully saturated rings. The summed E-state index contributed by atoms with van der Waals surface area (Å²) in [5, 5.41) is 14.7. The Morgan fingerprint density at radius 1 is 1.21 bits per heavy atom. The van der Waals surface area contributed by atoms with Crippen LogP contribution in [0.3, 0.4) is 0 Å². The molecule has 0 saturated heterocycles. The molecule has 0 aliphatic heterocycles. The van der Waals surface area contributed by atoms with E-state index in [9.17, 15) is 9.59 Å². The number of rotatable bonds is 6. The van der Waals surface area contributed by atoms with Crippen LogP contribution in [-0.2, 0) is 6.54 Å². The number of pyridine rings is 1. The zero-order valence-corrected chi connectivity index (χ0v) is 13.9. The Bertz CT molecular complexity index is 742. The summed E-state index contributed by atoms with van der Waals surface area (Å²) in [6, 6.07) is 11.9. The van der Waals surface area contributed by atoms with Gasteiger partial charge in [0.05, 0.1) is 6.54 Å². The first-order valence-electron chi connectivity index (χ1n) is 7.92. The number of anilines is 1. The van der Waals surface area contributed by atoms with E-state index in [1.807, 2.05) is 32.0 Å². The van der Waals surface area contributed by atoms with Crippen molar-refractivity contribution in [3.05, 3.63) is 64.6 Å². The van der Waals surface area contributed by atoms with Crippen LogP contribution in [0.15, 0.2) is 53.5 Å². The molecule has 0 saturated carbocycles. The molecule has 0 bridgehead atoms. The normalized spacial score (nSPS) is 13.1. The minimum absolute atomic E-state index is 0.0166. The van der Waals surface area contributed by atoms with E-state index >= 15 is 0 Å². The van der Waals surface area contributed by atoms with Crippen molar-refractivity contribution in [3.8, 4) is 0 Å². The predicted octanol–water partition coefficient (Wildman–Crippen LogP) is 2.04. The second-order valence-corrected chi connectivity index (χ2v) is 5.91. The summed E-state index contributed by atoms with van der Waals surface area (Å²) in [6.45, 7) is 4.17. The molecule has 0 aliphatic rings. The largest absolute Gasteiger partial charge is 0.396 e. The molecule has 2 atom stereocenters. The first-order chi connectivity index (χ1) is 11.5. The fourth-order valence-corrected chi connectivity index (χ4v) is 2.21. The lowest BCUT2D eigenvalue weighted by Gasteiger charge is -2.19. The van der Waals surface area contributed by atoms with E-state index in [0.29, 0.717) is 12.2 Å². The third-order valence-electron chi connectivity index (χ3n) is 3.94. The summed E-state index contributed by atoms with van der Waals surface area (Å²) in [4.78, 5) is 23.8. The third kappa shape index (κ3) is 4.96. The highest BCUT2D eigenvalue weighted by Crippen LogP contribution is 2.12. The highest BCUT2D eigenvalue weighted by atomic mass is 16.3. The van der Waals surface area contributed by atoms with Crippen molar-refractivity contribution < 1.29 is 9.90 Å². The first kappa shape index (κ1) is 17.7. The summed E-state index contributed by atoms with van der Waals surface area (Å²) in [6.07, 6.45) is 1.73. The van der Waals surface area contributed by atoms with Gasteiger partial charge in [-0.15, -0.1) is 0 Å². The van der Waals surface area contributed by atoms with Gasteiger partial charge in [0.1, 0.15) is 0 Å². The van der Waals surface area contributed by atoms with Gasteiger partial charge >= 0.3 is 6.03 Å². The van der Waals surface area contributed by atoms with E-state index in [2.05, 4.69) is 10.6 Å². The van der Waals surface area contributed by atoms with Gasteiger partial charge in [0.2, 0.25) is 0 Å². The molecular weight excluding hydrogens is 306 g/mol. The Labute approximate surface area is 141 Å². The van der Waals surface area contributed by atoms with Crippen molar-refractivity contribution in [2.75, 3.05) is 11.9 Å². The molecule has 6 heteroatoms. The van der Waals surface area contributed by atoms with Crippen LogP contribution in [0.25, 0.3) is 0 Å². The lowest BCUT2D eigenvalue weighted by Crippen LogP contribution is -2.40. The van der Waals surface area contributed by atoms with Crippen LogP contribution in [0.1, 0.15) is 19.4 Å². The number of carbonyl (C=O) groups excluding carboxylic acids is 1. The van der Waals surface area contributed by atoms with Gasteiger partial charge in [-0.2, -0.15) is 0 Å². The lowest BCUT2D eigenvalue weighted by atomic mass is 10.1. The minimum Gasteiger partial charge on any atom is -0.396 e. The summed E-state index contributed by atoms with van der Waals surface area (Å²) < 4.78 is 1.60. The number of amides is 2. The van der Waals surface area contributed by atoms with Gasteiger partial charge in [0.25, 0.3) is 5.56 Å². The van der Waals surface area contributed by atoms with Crippen molar-refractivity contribution in [3.63, 3.8) is 0 Å². The highest BCUT2D eigenvalue weighted by molar-refractivity contribution is 5.89. The van der Waals surface area contributed by atoms with E-state index < -0.39 is 0 Å². The lowest BCUT2D eigenvalue weighted by molar-refractivity contribution is 0.204. The average Bonchev–Trinajstić information content (AvgIpc) is 2.56. The Kier molecular flexibility index (Phi) is 6.14.